The number of hydrogen-bond donors (Lipinski definition) is 0. The van der Waals surface area contributed by atoms with Crippen molar-refractivity contribution in [2.24, 2.45) is 0 Å². The highest BCUT2D eigenvalue weighted by atomic mass is 14.8. The van der Waals surface area contributed by atoms with Crippen LogP contribution in [0.2, 0.25) is 0 Å². The van der Waals surface area contributed by atoms with E-state index in [1.165, 1.54) is 32.7 Å². The summed E-state index contributed by atoms with van der Waals surface area (Å²) >= 11 is 0. The van der Waals surface area contributed by atoms with E-state index < -0.39 is 0 Å². The minimum atomic E-state index is 0.912. The topological polar surface area (TPSA) is 38.7 Å². The summed E-state index contributed by atoms with van der Waals surface area (Å²) in [6, 6.07) is 45.1. The molecule has 3 nitrogen and oxygen atoms in total. The molecule has 0 amide bonds. The molecule has 0 aliphatic carbocycles. The predicted octanol–water partition coefficient (Wildman–Crippen LogP) is 10.1. The van der Waals surface area contributed by atoms with Crippen LogP contribution in [-0.2, 0) is 0 Å². The molecule has 6 aromatic carbocycles. The lowest BCUT2D eigenvalue weighted by Crippen LogP contribution is -1.95. The van der Waals surface area contributed by atoms with Crippen LogP contribution in [0.4, 0.5) is 0 Å². The number of rotatable bonds is 2. The van der Waals surface area contributed by atoms with Gasteiger partial charge in [0.15, 0.2) is 0 Å². The van der Waals surface area contributed by atoms with Crippen LogP contribution in [0.3, 0.4) is 0 Å². The maximum Gasteiger partial charge on any atom is 0.0972 e. The molecule has 0 saturated heterocycles. The molecule has 3 heteroatoms. The number of para-hydroxylation sites is 1. The Bertz CT molecular complexity index is 2530. The maximum atomic E-state index is 5.31. The molecule has 3 aromatic heterocycles. The molecule has 0 bridgehead atoms. The zero-order valence-electron chi connectivity index (χ0n) is 22.6. The van der Waals surface area contributed by atoms with Crippen molar-refractivity contribution in [3.8, 4) is 22.4 Å². The minimum Gasteiger partial charge on any atom is -0.256 e. The average molecular weight is 534 g/mol. The van der Waals surface area contributed by atoms with Crippen molar-refractivity contribution in [2.45, 2.75) is 0 Å². The normalized spacial score (nSPS) is 11.8. The van der Waals surface area contributed by atoms with Crippen LogP contribution in [0.5, 0.6) is 0 Å². The predicted molar refractivity (Wildman–Crippen MR) is 176 cm³/mol. The standard InChI is InChI=1S/C39H23N3/c1-2-9-27-22-28(18-15-24(27)8-1)35-29-11-3-4-12-30(29)36(32-23-41-33-14-6-5-13-31(33)37(32)35)34-20-19-26-17-16-25-10-7-21-40-38(25)39(26)42-34/h1-23H. The van der Waals surface area contributed by atoms with Crippen LogP contribution in [0, 0.1) is 0 Å². The Morgan fingerprint density at radius 3 is 1.98 bits per heavy atom. The Kier molecular flexibility index (Phi) is 4.90. The average Bonchev–Trinajstić information content (AvgIpc) is 3.06. The second kappa shape index (κ2) is 8.92. The Morgan fingerprint density at radius 2 is 1.10 bits per heavy atom. The molecular formula is C39H23N3. The van der Waals surface area contributed by atoms with Crippen molar-refractivity contribution in [3.05, 3.63) is 140 Å². The molecule has 0 unspecified atom stereocenters. The summed E-state index contributed by atoms with van der Waals surface area (Å²) in [6.45, 7) is 0. The van der Waals surface area contributed by atoms with E-state index in [1.807, 2.05) is 18.5 Å². The molecule has 0 fully saturated rings. The quantitative estimate of drug-likeness (QED) is 0.164. The second-order valence-corrected chi connectivity index (χ2v) is 10.8. The molecule has 9 rings (SSSR count). The van der Waals surface area contributed by atoms with Gasteiger partial charge in [-0.1, -0.05) is 103 Å². The summed E-state index contributed by atoms with van der Waals surface area (Å²) in [6.07, 6.45) is 3.88. The van der Waals surface area contributed by atoms with Crippen LogP contribution in [0.1, 0.15) is 0 Å². The first-order valence-corrected chi connectivity index (χ1v) is 14.2. The third kappa shape index (κ3) is 3.37. The molecule has 0 atom stereocenters. The summed E-state index contributed by atoms with van der Waals surface area (Å²) in [7, 11) is 0. The SMILES string of the molecule is c1ccc2cc(-c3c4ccccc4c(-c4ccc5ccc6cccnc6c5n4)c4cnc5ccccc5c34)ccc2c1. The van der Waals surface area contributed by atoms with Gasteiger partial charge in [0.2, 0.25) is 0 Å². The van der Waals surface area contributed by atoms with Crippen LogP contribution < -0.4 is 0 Å². The van der Waals surface area contributed by atoms with Gasteiger partial charge in [0.25, 0.3) is 0 Å². The second-order valence-electron chi connectivity index (χ2n) is 10.8. The van der Waals surface area contributed by atoms with Crippen molar-refractivity contribution in [1.29, 1.82) is 0 Å². The third-order valence-corrected chi connectivity index (χ3v) is 8.49. The monoisotopic (exact) mass is 533 g/mol. The maximum absolute atomic E-state index is 5.31. The van der Waals surface area contributed by atoms with Gasteiger partial charge in [-0.3, -0.25) is 9.97 Å². The van der Waals surface area contributed by atoms with Crippen LogP contribution in [-0.4, -0.2) is 15.0 Å². The van der Waals surface area contributed by atoms with Crippen molar-refractivity contribution in [1.82, 2.24) is 15.0 Å². The number of hydrogen-bond acceptors (Lipinski definition) is 3. The number of pyridine rings is 3. The Morgan fingerprint density at radius 1 is 0.429 bits per heavy atom. The molecular weight excluding hydrogens is 510 g/mol. The van der Waals surface area contributed by atoms with E-state index in [2.05, 4.69) is 121 Å². The number of benzene rings is 6. The summed E-state index contributed by atoms with van der Waals surface area (Å²) in [5.74, 6) is 0. The largest absolute Gasteiger partial charge is 0.256 e. The lowest BCUT2D eigenvalue weighted by Gasteiger charge is -2.19. The summed E-state index contributed by atoms with van der Waals surface area (Å²) in [5, 5.41) is 10.4. The summed E-state index contributed by atoms with van der Waals surface area (Å²) in [5.41, 5.74) is 7.25. The van der Waals surface area contributed by atoms with E-state index in [-0.39, 0.29) is 0 Å². The lowest BCUT2D eigenvalue weighted by molar-refractivity contribution is 1.37. The first kappa shape index (κ1) is 23.1. The number of nitrogens with zero attached hydrogens (tertiary/aromatic N) is 3. The van der Waals surface area contributed by atoms with E-state index >= 15 is 0 Å². The van der Waals surface area contributed by atoms with Crippen molar-refractivity contribution in [2.75, 3.05) is 0 Å². The van der Waals surface area contributed by atoms with Gasteiger partial charge >= 0.3 is 0 Å². The summed E-state index contributed by atoms with van der Waals surface area (Å²) < 4.78 is 0. The summed E-state index contributed by atoms with van der Waals surface area (Å²) in [4.78, 5) is 15.0. The molecule has 0 radical (unpaired) electrons. The van der Waals surface area contributed by atoms with Crippen LogP contribution in [0.25, 0.3) is 87.4 Å². The van der Waals surface area contributed by atoms with E-state index in [9.17, 15) is 0 Å². The Balaban J connectivity index is 1.47. The van der Waals surface area contributed by atoms with Gasteiger partial charge in [0, 0.05) is 44.9 Å². The molecule has 9 aromatic rings. The highest BCUT2D eigenvalue weighted by Crippen LogP contribution is 2.46. The molecule has 0 aliphatic heterocycles. The van der Waals surface area contributed by atoms with Gasteiger partial charge in [-0.2, -0.15) is 0 Å². The van der Waals surface area contributed by atoms with Crippen molar-refractivity contribution in [3.63, 3.8) is 0 Å². The molecule has 42 heavy (non-hydrogen) atoms. The van der Waals surface area contributed by atoms with Gasteiger partial charge < -0.3 is 0 Å². The fourth-order valence-corrected chi connectivity index (χ4v) is 6.58. The molecule has 0 aliphatic rings. The zero-order chi connectivity index (χ0) is 27.6. The van der Waals surface area contributed by atoms with Gasteiger partial charge in [-0.05, 0) is 56.9 Å². The first-order valence-electron chi connectivity index (χ1n) is 14.2. The van der Waals surface area contributed by atoms with Crippen LogP contribution >= 0.6 is 0 Å². The molecule has 0 N–H and O–H groups in total. The van der Waals surface area contributed by atoms with Gasteiger partial charge in [0.05, 0.1) is 22.2 Å². The van der Waals surface area contributed by atoms with E-state index in [0.717, 1.165) is 54.7 Å². The smallest absolute Gasteiger partial charge is 0.0972 e. The van der Waals surface area contributed by atoms with E-state index in [4.69, 9.17) is 15.0 Å². The molecule has 0 saturated carbocycles. The van der Waals surface area contributed by atoms with Gasteiger partial charge in [0.1, 0.15) is 0 Å². The first-order chi connectivity index (χ1) is 20.8. The fourth-order valence-electron chi connectivity index (χ4n) is 6.58. The number of fused-ring (bicyclic) bond motifs is 8. The third-order valence-electron chi connectivity index (χ3n) is 8.49. The Labute approximate surface area is 241 Å². The van der Waals surface area contributed by atoms with E-state index in [0.29, 0.717) is 0 Å². The van der Waals surface area contributed by atoms with Gasteiger partial charge in [-0.15, -0.1) is 0 Å². The molecule has 3 heterocycles. The zero-order valence-corrected chi connectivity index (χ0v) is 22.6. The molecule has 194 valence electrons. The van der Waals surface area contributed by atoms with E-state index in [1.54, 1.807) is 0 Å². The van der Waals surface area contributed by atoms with Crippen molar-refractivity contribution >= 4 is 65.0 Å². The molecule has 0 spiro atoms. The Hall–Kier alpha value is -5.67. The minimum absolute atomic E-state index is 0.912. The van der Waals surface area contributed by atoms with Crippen molar-refractivity contribution < 1.29 is 0 Å². The van der Waals surface area contributed by atoms with Crippen LogP contribution in [0.15, 0.2) is 140 Å². The van der Waals surface area contributed by atoms with Gasteiger partial charge in [-0.25, -0.2) is 4.98 Å². The lowest BCUT2D eigenvalue weighted by atomic mass is 9.86. The number of aromatic nitrogens is 3. The highest BCUT2D eigenvalue weighted by molar-refractivity contribution is 6.27. The fraction of sp³-hybridized carbons (Fsp3) is 0. The highest BCUT2D eigenvalue weighted by Gasteiger charge is 2.20.